The van der Waals surface area contributed by atoms with Crippen molar-refractivity contribution < 1.29 is 4.79 Å². The van der Waals surface area contributed by atoms with E-state index in [1.807, 2.05) is 18.9 Å². The number of likely N-dealkylation sites (N-methyl/N-ethyl adjacent to an activating group) is 1. The number of nitrogens with zero attached hydrogens (tertiary/aromatic N) is 3. The smallest absolute Gasteiger partial charge is 0.318 e. The first kappa shape index (κ1) is 16.9. The van der Waals surface area contributed by atoms with Crippen LogP contribution in [-0.4, -0.2) is 48.6 Å². The zero-order chi connectivity index (χ0) is 16.3. The molecule has 1 aromatic rings. The summed E-state index contributed by atoms with van der Waals surface area (Å²) in [6.07, 6.45) is 0. The number of piperazine rings is 1. The van der Waals surface area contributed by atoms with E-state index in [0.29, 0.717) is 29.7 Å². The van der Waals surface area contributed by atoms with E-state index in [2.05, 4.69) is 11.4 Å². The maximum atomic E-state index is 12.3. The molecule has 0 aliphatic carbocycles. The molecular formula is C15H18Cl2N4O. The third kappa shape index (κ3) is 3.83. The average molecular weight is 341 g/mol. The molecule has 2 atom stereocenters. The van der Waals surface area contributed by atoms with Crippen molar-refractivity contribution in [2.45, 2.75) is 19.0 Å². The van der Waals surface area contributed by atoms with Crippen molar-refractivity contribution in [1.29, 1.82) is 5.26 Å². The summed E-state index contributed by atoms with van der Waals surface area (Å²) < 4.78 is 0. The predicted octanol–water partition coefficient (Wildman–Crippen LogP) is 2.90. The third-order valence-electron chi connectivity index (χ3n) is 3.85. The molecule has 0 saturated carbocycles. The Labute approximate surface area is 140 Å². The summed E-state index contributed by atoms with van der Waals surface area (Å²) in [4.78, 5) is 16.0. The molecule has 2 rings (SSSR count). The number of carbonyl (C=O) groups is 1. The number of hydrogen-bond acceptors (Lipinski definition) is 3. The first-order chi connectivity index (χ1) is 10.4. The van der Waals surface area contributed by atoms with E-state index in [-0.39, 0.29) is 18.1 Å². The number of carbonyl (C=O) groups excluding carboxylic acids is 1. The number of amides is 2. The van der Waals surface area contributed by atoms with Crippen LogP contribution in [0.5, 0.6) is 0 Å². The van der Waals surface area contributed by atoms with Crippen LogP contribution >= 0.6 is 23.2 Å². The van der Waals surface area contributed by atoms with Crippen molar-refractivity contribution in [3.63, 3.8) is 0 Å². The van der Waals surface area contributed by atoms with Crippen molar-refractivity contribution in [3.05, 3.63) is 33.8 Å². The largest absolute Gasteiger partial charge is 0.331 e. The summed E-state index contributed by atoms with van der Waals surface area (Å²) in [6, 6.07) is 6.71. The molecule has 1 aliphatic rings. The summed E-state index contributed by atoms with van der Waals surface area (Å²) in [5.74, 6) is 0. The van der Waals surface area contributed by atoms with Gasteiger partial charge < -0.3 is 10.2 Å². The van der Waals surface area contributed by atoms with Gasteiger partial charge in [0.25, 0.3) is 0 Å². The quantitative estimate of drug-likeness (QED) is 0.900. The molecule has 1 fully saturated rings. The monoisotopic (exact) mass is 340 g/mol. The Kier molecular flexibility index (Phi) is 5.52. The highest BCUT2D eigenvalue weighted by Gasteiger charge is 2.28. The molecule has 1 saturated heterocycles. The summed E-state index contributed by atoms with van der Waals surface area (Å²) in [5.41, 5.74) is 0.811. The first-order valence-corrected chi connectivity index (χ1v) is 7.78. The molecule has 22 heavy (non-hydrogen) atoms. The molecule has 1 heterocycles. The summed E-state index contributed by atoms with van der Waals surface area (Å²) >= 11 is 12.0. The van der Waals surface area contributed by atoms with E-state index < -0.39 is 0 Å². The molecule has 1 N–H and O–H groups in total. The van der Waals surface area contributed by atoms with Gasteiger partial charge >= 0.3 is 6.03 Å². The lowest BCUT2D eigenvalue weighted by Crippen LogP contribution is -2.55. The molecule has 5 nitrogen and oxygen atoms in total. The van der Waals surface area contributed by atoms with E-state index in [1.165, 1.54) is 0 Å². The van der Waals surface area contributed by atoms with Crippen LogP contribution in [0.1, 0.15) is 18.5 Å². The minimum Gasteiger partial charge on any atom is -0.331 e. The van der Waals surface area contributed by atoms with Crippen molar-refractivity contribution >= 4 is 29.2 Å². The number of halogens is 2. The van der Waals surface area contributed by atoms with Crippen molar-refractivity contribution in [1.82, 2.24) is 15.1 Å². The molecule has 0 spiro atoms. The molecule has 1 aliphatic heterocycles. The van der Waals surface area contributed by atoms with Crippen molar-refractivity contribution in [3.8, 4) is 6.07 Å². The number of nitriles is 1. The Morgan fingerprint density at radius 3 is 2.82 bits per heavy atom. The lowest BCUT2D eigenvalue weighted by Gasteiger charge is -2.36. The van der Waals surface area contributed by atoms with Crippen LogP contribution in [0.2, 0.25) is 10.0 Å². The average Bonchev–Trinajstić information content (AvgIpc) is 2.47. The van der Waals surface area contributed by atoms with Gasteiger partial charge in [-0.25, -0.2) is 4.79 Å². The minimum atomic E-state index is -0.270. The molecule has 1 aromatic carbocycles. The Hall–Kier alpha value is -1.48. The number of hydrogen-bond donors (Lipinski definition) is 1. The molecule has 2 amide bonds. The van der Waals surface area contributed by atoms with Gasteiger partial charge in [-0.2, -0.15) is 5.26 Å². The van der Waals surface area contributed by atoms with Crippen LogP contribution in [0.25, 0.3) is 0 Å². The summed E-state index contributed by atoms with van der Waals surface area (Å²) in [7, 11) is 1.89. The second-order valence-corrected chi connectivity index (χ2v) is 6.25. The summed E-state index contributed by atoms with van der Waals surface area (Å²) in [6.45, 7) is 3.55. The van der Waals surface area contributed by atoms with Gasteiger partial charge in [-0.1, -0.05) is 29.3 Å². The van der Waals surface area contributed by atoms with Crippen LogP contribution in [-0.2, 0) is 0 Å². The van der Waals surface area contributed by atoms with Gasteiger partial charge in [0.15, 0.2) is 0 Å². The van der Waals surface area contributed by atoms with Gasteiger partial charge in [0.05, 0.1) is 18.7 Å². The maximum absolute atomic E-state index is 12.3. The second-order valence-electron chi connectivity index (χ2n) is 5.41. The van der Waals surface area contributed by atoms with Gasteiger partial charge in [0.2, 0.25) is 0 Å². The highest BCUT2D eigenvalue weighted by molar-refractivity contribution is 6.35. The number of urea groups is 1. The Morgan fingerprint density at radius 2 is 2.18 bits per heavy atom. The fraction of sp³-hybridized carbons (Fsp3) is 0.467. The van der Waals surface area contributed by atoms with E-state index in [1.54, 1.807) is 23.1 Å². The highest BCUT2D eigenvalue weighted by Crippen LogP contribution is 2.26. The van der Waals surface area contributed by atoms with Crippen LogP contribution in [0, 0.1) is 11.3 Å². The molecule has 118 valence electrons. The number of benzene rings is 1. The van der Waals surface area contributed by atoms with E-state index >= 15 is 0 Å². The van der Waals surface area contributed by atoms with Gasteiger partial charge in [0, 0.05) is 23.1 Å². The molecular weight excluding hydrogens is 323 g/mol. The SMILES string of the molecule is C[C@@H](NC(=O)N1CCN(C)[C@H](C#N)C1)c1ccc(Cl)cc1Cl. The zero-order valence-electron chi connectivity index (χ0n) is 12.5. The van der Waals surface area contributed by atoms with Crippen LogP contribution in [0.15, 0.2) is 18.2 Å². The summed E-state index contributed by atoms with van der Waals surface area (Å²) in [5, 5.41) is 13.1. The van der Waals surface area contributed by atoms with E-state index in [0.717, 1.165) is 5.56 Å². The maximum Gasteiger partial charge on any atom is 0.318 e. The van der Waals surface area contributed by atoms with Crippen molar-refractivity contribution in [2.75, 3.05) is 26.7 Å². The Balaban J connectivity index is 2.01. The topological polar surface area (TPSA) is 59.4 Å². The van der Waals surface area contributed by atoms with Gasteiger partial charge in [-0.3, -0.25) is 4.90 Å². The molecule has 0 bridgehead atoms. The first-order valence-electron chi connectivity index (χ1n) is 7.02. The predicted molar refractivity (Wildman–Crippen MR) is 87.0 cm³/mol. The fourth-order valence-corrected chi connectivity index (χ4v) is 2.98. The van der Waals surface area contributed by atoms with E-state index in [4.69, 9.17) is 28.5 Å². The fourth-order valence-electron chi connectivity index (χ4n) is 2.40. The molecule has 0 radical (unpaired) electrons. The Bertz CT molecular complexity index is 602. The third-order valence-corrected chi connectivity index (χ3v) is 4.42. The lowest BCUT2D eigenvalue weighted by atomic mass is 10.1. The van der Waals surface area contributed by atoms with Gasteiger partial charge in [0.1, 0.15) is 6.04 Å². The second kappa shape index (κ2) is 7.19. The van der Waals surface area contributed by atoms with Crippen LogP contribution < -0.4 is 5.32 Å². The minimum absolute atomic E-state index is 0.188. The lowest BCUT2D eigenvalue weighted by molar-refractivity contribution is 0.130. The van der Waals surface area contributed by atoms with Gasteiger partial charge in [-0.05, 0) is 31.7 Å². The van der Waals surface area contributed by atoms with Crippen molar-refractivity contribution in [2.24, 2.45) is 0 Å². The standard InChI is InChI=1S/C15H18Cl2N4O/c1-10(13-4-3-11(16)7-14(13)17)19-15(22)21-6-5-20(2)12(8-18)9-21/h3-4,7,10,12H,5-6,9H2,1-2H3,(H,19,22)/t10-,12-/m1/s1. The normalized spacial score (nSPS) is 20.3. The van der Waals surface area contributed by atoms with Crippen LogP contribution in [0.4, 0.5) is 4.79 Å². The Morgan fingerprint density at radius 1 is 1.45 bits per heavy atom. The zero-order valence-corrected chi connectivity index (χ0v) is 14.0. The highest BCUT2D eigenvalue weighted by atomic mass is 35.5. The molecule has 0 unspecified atom stereocenters. The van der Waals surface area contributed by atoms with E-state index in [9.17, 15) is 4.79 Å². The van der Waals surface area contributed by atoms with Crippen LogP contribution in [0.3, 0.4) is 0 Å². The number of nitrogens with one attached hydrogen (secondary N) is 1. The van der Waals surface area contributed by atoms with Gasteiger partial charge in [-0.15, -0.1) is 0 Å². The molecule has 7 heteroatoms. The number of rotatable bonds is 2. The molecule has 0 aromatic heterocycles.